The lowest BCUT2D eigenvalue weighted by Crippen LogP contribution is -2.30. The van der Waals surface area contributed by atoms with Gasteiger partial charge in [0.05, 0.1) is 17.6 Å². The molecular formula is C15H22N2O3. The predicted octanol–water partition coefficient (Wildman–Crippen LogP) is 3.05. The number of aryl methyl sites for hydroxylation is 1. The van der Waals surface area contributed by atoms with E-state index in [0.717, 1.165) is 12.0 Å². The summed E-state index contributed by atoms with van der Waals surface area (Å²) in [5.74, 6) is 1.56. The van der Waals surface area contributed by atoms with Crippen LogP contribution in [0.2, 0.25) is 0 Å². The molecule has 1 saturated carbocycles. The van der Waals surface area contributed by atoms with E-state index in [2.05, 4.69) is 0 Å². The Hall–Kier alpha value is -1.62. The topological polar surface area (TPSA) is 78.4 Å². The monoisotopic (exact) mass is 278 g/mol. The van der Waals surface area contributed by atoms with Crippen LogP contribution in [0.25, 0.3) is 0 Å². The van der Waals surface area contributed by atoms with Crippen LogP contribution in [0.4, 0.5) is 5.69 Å². The molecule has 110 valence electrons. The highest BCUT2D eigenvalue weighted by Gasteiger charge is 2.24. The van der Waals surface area contributed by atoms with Gasteiger partial charge in [0.15, 0.2) is 0 Å². The van der Waals surface area contributed by atoms with Crippen LogP contribution in [-0.2, 0) is 0 Å². The average Bonchev–Trinajstić information content (AvgIpc) is 2.44. The summed E-state index contributed by atoms with van der Waals surface area (Å²) in [5.41, 5.74) is 6.73. The summed E-state index contributed by atoms with van der Waals surface area (Å²) >= 11 is 0. The SMILES string of the molecule is Cc1cc(OCC2CCCCC2CN)cc([N+](=O)[O-])c1. The number of nitrogens with zero attached hydrogens (tertiary/aromatic N) is 1. The van der Waals surface area contributed by atoms with E-state index in [1.807, 2.05) is 13.0 Å². The molecule has 1 fully saturated rings. The third kappa shape index (κ3) is 3.70. The Labute approximate surface area is 119 Å². The van der Waals surface area contributed by atoms with Gasteiger partial charge in [-0.05, 0) is 49.8 Å². The molecule has 2 rings (SSSR count). The first-order chi connectivity index (χ1) is 9.60. The van der Waals surface area contributed by atoms with Crippen LogP contribution in [0.5, 0.6) is 5.75 Å². The van der Waals surface area contributed by atoms with Crippen molar-refractivity contribution in [2.45, 2.75) is 32.6 Å². The number of hydrogen-bond donors (Lipinski definition) is 1. The smallest absolute Gasteiger partial charge is 0.273 e. The van der Waals surface area contributed by atoms with Crippen molar-refractivity contribution in [1.82, 2.24) is 0 Å². The molecular weight excluding hydrogens is 256 g/mol. The summed E-state index contributed by atoms with van der Waals surface area (Å²) < 4.78 is 5.79. The highest BCUT2D eigenvalue weighted by molar-refractivity contribution is 5.42. The molecule has 2 N–H and O–H groups in total. The first-order valence-electron chi connectivity index (χ1n) is 7.19. The molecule has 1 aromatic rings. The quantitative estimate of drug-likeness (QED) is 0.663. The second-order valence-electron chi connectivity index (χ2n) is 5.61. The zero-order valence-electron chi connectivity index (χ0n) is 11.9. The minimum atomic E-state index is -0.386. The molecule has 0 saturated heterocycles. The number of benzene rings is 1. The van der Waals surface area contributed by atoms with Crippen LogP contribution in [-0.4, -0.2) is 18.1 Å². The fourth-order valence-corrected chi connectivity index (χ4v) is 2.93. The van der Waals surface area contributed by atoms with Crippen molar-refractivity contribution >= 4 is 5.69 Å². The summed E-state index contributed by atoms with van der Waals surface area (Å²) in [5, 5.41) is 10.8. The van der Waals surface area contributed by atoms with Crippen LogP contribution in [0.15, 0.2) is 18.2 Å². The molecule has 0 aromatic heterocycles. The number of rotatable bonds is 5. The van der Waals surface area contributed by atoms with E-state index in [0.29, 0.717) is 30.7 Å². The Morgan fingerprint density at radius 1 is 1.30 bits per heavy atom. The molecule has 0 heterocycles. The van der Waals surface area contributed by atoms with Gasteiger partial charge in [0.1, 0.15) is 5.75 Å². The zero-order valence-corrected chi connectivity index (χ0v) is 11.9. The van der Waals surface area contributed by atoms with E-state index in [4.69, 9.17) is 10.5 Å². The van der Waals surface area contributed by atoms with E-state index in [1.54, 1.807) is 6.07 Å². The van der Waals surface area contributed by atoms with Crippen molar-refractivity contribution in [2.24, 2.45) is 17.6 Å². The third-order valence-corrected chi connectivity index (χ3v) is 4.08. The zero-order chi connectivity index (χ0) is 14.5. The number of hydrogen-bond acceptors (Lipinski definition) is 4. The lowest BCUT2D eigenvalue weighted by atomic mass is 9.80. The van der Waals surface area contributed by atoms with Gasteiger partial charge >= 0.3 is 0 Å². The molecule has 5 nitrogen and oxygen atoms in total. The van der Waals surface area contributed by atoms with Crippen molar-refractivity contribution in [2.75, 3.05) is 13.2 Å². The van der Waals surface area contributed by atoms with Crippen molar-refractivity contribution < 1.29 is 9.66 Å². The van der Waals surface area contributed by atoms with Crippen LogP contribution in [0.3, 0.4) is 0 Å². The van der Waals surface area contributed by atoms with E-state index in [9.17, 15) is 10.1 Å². The van der Waals surface area contributed by atoms with Crippen molar-refractivity contribution in [3.05, 3.63) is 33.9 Å². The summed E-state index contributed by atoms with van der Waals surface area (Å²) in [4.78, 5) is 10.5. The molecule has 1 aromatic carbocycles. The minimum absolute atomic E-state index is 0.0824. The van der Waals surface area contributed by atoms with Gasteiger partial charge in [0.25, 0.3) is 5.69 Å². The molecule has 2 unspecified atom stereocenters. The normalized spacial score (nSPS) is 22.5. The second kappa shape index (κ2) is 6.70. The minimum Gasteiger partial charge on any atom is -0.493 e. The Morgan fingerprint density at radius 2 is 2.00 bits per heavy atom. The largest absolute Gasteiger partial charge is 0.493 e. The predicted molar refractivity (Wildman–Crippen MR) is 77.8 cm³/mol. The van der Waals surface area contributed by atoms with Crippen LogP contribution >= 0.6 is 0 Å². The van der Waals surface area contributed by atoms with E-state index in [-0.39, 0.29) is 10.6 Å². The molecule has 20 heavy (non-hydrogen) atoms. The standard InChI is InChI=1S/C15H22N2O3/c1-11-6-14(17(18)19)8-15(7-11)20-10-13-5-3-2-4-12(13)9-16/h6-8,12-13H,2-5,9-10,16H2,1H3. The first-order valence-corrected chi connectivity index (χ1v) is 7.19. The number of nitro groups is 1. The Bertz CT molecular complexity index is 476. The maximum atomic E-state index is 10.8. The van der Waals surface area contributed by atoms with E-state index >= 15 is 0 Å². The second-order valence-corrected chi connectivity index (χ2v) is 5.61. The van der Waals surface area contributed by atoms with Gasteiger partial charge in [-0.25, -0.2) is 0 Å². The number of nitrogens with two attached hydrogens (primary N) is 1. The highest BCUT2D eigenvalue weighted by atomic mass is 16.6. The number of non-ortho nitro benzene ring substituents is 1. The van der Waals surface area contributed by atoms with E-state index in [1.165, 1.54) is 25.3 Å². The van der Waals surface area contributed by atoms with Gasteiger partial charge in [-0.15, -0.1) is 0 Å². The van der Waals surface area contributed by atoms with Crippen LogP contribution in [0, 0.1) is 28.9 Å². The summed E-state index contributed by atoms with van der Waals surface area (Å²) in [7, 11) is 0. The molecule has 1 aliphatic rings. The highest BCUT2D eigenvalue weighted by Crippen LogP contribution is 2.30. The molecule has 0 amide bonds. The Balaban J connectivity index is 2.01. The molecule has 5 heteroatoms. The molecule has 0 aliphatic heterocycles. The van der Waals surface area contributed by atoms with Gasteiger partial charge in [-0.3, -0.25) is 10.1 Å². The van der Waals surface area contributed by atoms with Crippen LogP contribution in [0.1, 0.15) is 31.2 Å². The maximum Gasteiger partial charge on any atom is 0.273 e. The summed E-state index contributed by atoms with van der Waals surface area (Å²) in [6.45, 7) is 3.13. The average molecular weight is 278 g/mol. The molecule has 0 radical (unpaired) electrons. The molecule has 0 spiro atoms. The number of nitro benzene ring substituents is 1. The third-order valence-electron chi connectivity index (χ3n) is 4.08. The molecule has 2 atom stereocenters. The van der Waals surface area contributed by atoms with Gasteiger partial charge in [-0.2, -0.15) is 0 Å². The van der Waals surface area contributed by atoms with Gasteiger partial charge in [0.2, 0.25) is 0 Å². The Morgan fingerprint density at radius 3 is 2.65 bits per heavy atom. The maximum absolute atomic E-state index is 10.8. The molecule has 0 bridgehead atoms. The fourth-order valence-electron chi connectivity index (χ4n) is 2.93. The van der Waals surface area contributed by atoms with Crippen LogP contribution < -0.4 is 10.5 Å². The summed E-state index contributed by atoms with van der Waals surface area (Å²) in [6.07, 6.45) is 4.76. The molecule has 1 aliphatic carbocycles. The van der Waals surface area contributed by atoms with Crippen molar-refractivity contribution in [3.8, 4) is 5.75 Å². The number of ether oxygens (including phenoxy) is 1. The van der Waals surface area contributed by atoms with Crippen molar-refractivity contribution in [3.63, 3.8) is 0 Å². The lowest BCUT2D eigenvalue weighted by molar-refractivity contribution is -0.385. The fraction of sp³-hybridized carbons (Fsp3) is 0.600. The van der Waals surface area contributed by atoms with Gasteiger partial charge in [0, 0.05) is 6.07 Å². The summed E-state index contributed by atoms with van der Waals surface area (Å²) in [6, 6.07) is 4.89. The van der Waals surface area contributed by atoms with Gasteiger partial charge < -0.3 is 10.5 Å². The van der Waals surface area contributed by atoms with Crippen molar-refractivity contribution in [1.29, 1.82) is 0 Å². The van der Waals surface area contributed by atoms with E-state index < -0.39 is 0 Å². The Kier molecular flexibility index (Phi) is 4.95. The van der Waals surface area contributed by atoms with Gasteiger partial charge in [-0.1, -0.05) is 12.8 Å². The lowest BCUT2D eigenvalue weighted by Gasteiger charge is -2.30. The first kappa shape index (κ1) is 14.8.